The average molecular weight is 591 g/mol. The normalized spacial score (nSPS) is 17.2. The fourth-order valence-corrected chi connectivity index (χ4v) is 7.54. The highest BCUT2D eigenvalue weighted by atomic mass is 15.2. The summed E-state index contributed by atoms with van der Waals surface area (Å²) in [5.74, 6) is 2.90. The van der Waals surface area contributed by atoms with E-state index in [1.165, 1.54) is 66.6 Å². The Balaban J connectivity index is 1.22. The molecule has 0 bridgehead atoms. The highest BCUT2D eigenvalue weighted by Crippen LogP contribution is 2.50. The molecule has 0 fully saturated rings. The van der Waals surface area contributed by atoms with Crippen LogP contribution in [0.2, 0.25) is 0 Å². The molecule has 0 saturated carbocycles. The van der Waals surface area contributed by atoms with Crippen LogP contribution in [-0.2, 0) is 0 Å². The molecule has 220 valence electrons. The summed E-state index contributed by atoms with van der Waals surface area (Å²) in [5.41, 5.74) is 13.8. The minimum atomic E-state index is 0.281. The van der Waals surface area contributed by atoms with Crippen LogP contribution >= 0.6 is 0 Å². The van der Waals surface area contributed by atoms with Gasteiger partial charge in [0, 0.05) is 33.8 Å². The van der Waals surface area contributed by atoms with Crippen LogP contribution in [-0.4, -0.2) is 10.6 Å². The second kappa shape index (κ2) is 11.3. The second-order valence-corrected chi connectivity index (χ2v) is 12.2. The minimum Gasteiger partial charge on any atom is -0.333 e. The molecule has 2 heterocycles. The summed E-state index contributed by atoms with van der Waals surface area (Å²) >= 11 is 0. The number of terminal acetylenes is 1. The zero-order valence-electron chi connectivity index (χ0n) is 26.1. The fraction of sp³-hybridized carbons (Fsp3) is 0.0909. The Kier molecular flexibility index (Phi) is 6.81. The number of anilines is 2. The summed E-state index contributed by atoms with van der Waals surface area (Å²) in [6, 6.07) is 40.2. The smallest absolute Gasteiger partial charge is 0.0629 e. The van der Waals surface area contributed by atoms with Crippen LogP contribution in [0.25, 0.3) is 49.8 Å². The summed E-state index contributed by atoms with van der Waals surface area (Å²) in [7, 11) is 0. The molecule has 2 nitrogen and oxygen atoms in total. The monoisotopic (exact) mass is 590 g/mol. The van der Waals surface area contributed by atoms with Crippen LogP contribution < -0.4 is 4.90 Å². The number of para-hydroxylation sites is 2. The molecule has 2 unspecified atom stereocenters. The molecule has 2 heteroatoms. The fourth-order valence-electron chi connectivity index (χ4n) is 7.54. The number of benzene rings is 5. The maximum absolute atomic E-state index is 5.44. The predicted molar refractivity (Wildman–Crippen MR) is 196 cm³/mol. The highest BCUT2D eigenvalue weighted by Gasteiger charge is 2.38. The lowest BCUT2D eigenvalue weighted by Crippen LogP contribution is -2.28. The van der Waals surface area contributed by atoms with Gasteiger partial charge in [-0.2, -0.15) is 0 Å². The molecule has 0 spiro atoms. The quantitative estimate of drug-likeness (QED) is 0.143. The van der Waals surface area contributed by atoms with E-state index in [1.54, 1.807) is 6.08 Å². The molecule has 46 heavy (non-hydrogen) atoms. The number of aromatic nitrogens is 1. The summed E-state index contributed by atoms with van der Waals surface area (Å²) in [6.07, 6.45) is 20.3. The van der Waals surface area contributed by atoms with E-state index < -0.39 is 0 Å². The number of rotatable bonds is 5. The zero-order chi connectivity index (χ0) is 31.2. The van der Waals surface area contributed by atoms with Gasteiger partial charge in [-0.25, -0.2) is 0 Å². The average Bonchev–Trinajstić information content (AvgIpc) is 3.62. The maximum atomic E-state index is 5.44. The van der Waals surface area contributed by atoms with Crippen molar-refractivity contribution in [3.05, 3.63) is 163 Å². The van der Waals surface area contributed by atoms with E-state index in [4.69, 9.17) is 6.42 Å². The van der Waals surface area contributed by atoms with Crippen molar-refractivity contribution >= 4 is 38.9 Å². The topological polar surface area (TPSA) is 8.17 Å². The molecule has 0 saturated heterocycles. The van der Waals surface area contributed by atoms with Crippen LogP contribution in [0.5, 0.6) is 0 Å². The molecule has 8 rings (SSSR count). The highest BCUT2D eigenvalue weighted by molar-refractivity contribution is 6.11. The first-order chi connectivity index (χ1) is 22.6. The first kappa shape index (κ1) is 27.7. The predicted octanol–water partition coefficient (Wildman–Crippen LogP) is 11.2. The van der Waals surface area contributed by atoms with E-state index in [0.29, 0.717) is 5.92 Å². The van der Waals surface area contributed by atoms with Crippen LogP contribution in [0.1, 0.15) is 24.0 Å². The van der Waals surface area contributed by atoms with Crippen molar-refractivity contribution in [1.82, 2.24) is 4.57 Å². The molecule has 1 aliphatic heterocycles. The molecule has 0 radical (unpaired) electrons. The zero-order valence-corrected chi connectivity index (χ0v) is 26.1. The van der Waals surface area contributed by atoms with Crippen molar-refractivity contribution < 1.29 is 0 Å². The lowest BCUT2D eigenvalue weighted by molar-refractivity contribution is 0.742. The van der Waals surface area contributed by atoms with Crippen molar-refractivity contribution in [3.8, 4) is 34.6 Å². The summed E-state index contributed by atoms with van der Waals surface area (Å²) < 4.78 is 2.32. The van der Waals surface area contributed by atoms with Gasteiger partial charge in [0.15, 0.2) is 0 Å². The second-order valence-electron chi connectivity index (χ2n) is 12.2. The largest absolute Gasteiger partial charge is 0.333 e. The van der Waals surface area contributed by atoms with Crippen LogP contribution in [0.4, 0.5) is 11.4 Å². The molecule has 2 aliphatic rings. The standard InChI is InChI=1S/C44H34N2/c1-4-5-7-15-30(2)45-40-22-12-10-20-37(40)39-29-33(24-26-42(39)45)32-16-14-17-34(28-32)36-25-27-43-44(31(36)3)38-21-11-13-23-41(38)46(43)35-18-8-6-9-19-35/h1,5-29,38,41H,2-3H3/b7-5-,30-15+. The van der Waals surface area contributed by atoms with Crippen molar-refractivity contribution in [3.63, 3.8) is 0 Å². The van der Waals surface area contributed by atoms with Crippen molar-refractivity contribution in [2.45, 2.75) is 25.8 Å². The van der Waals surface area contributed by atoms with Gasteiger partial charge in [-0.3, -0.25) is 0 Å². The molecule has 5 aromatic carbocycles. The molecule has 2 atom stereocenters. The van der Waals surface area contributed by atoms with Gasteiger partial charge in [0.05, 0.1) is 17.1 Å². The van der Waals surface area contributed by atoms with Crippen molar-refractivity contribution in [1.29, 1.82) is 0 Å². The Morgan fingerprint density at radius 1 is 0.739 bits per heavy atom. The molecule has 1 aromatic heterocycles. The van der Waals surface area contributed by atoms with E-state index in [9.17, 15) is 0 Å². The third-order valence-corrected chi connectivity index (χ3v) is 9.59. The SMILES string of the molecule is C#C/C=C\C=C(/C)n1c2ccccc2c2cc(-c3cccc(-c4ccc5c(c4C)C4C=CC=CC4N5c4ccccc4)c3)ccc21. The first-order valence-corrected chi connectivity index (χ1v) is 15.9. The first-order valence-electron chi connectivity index (χ1n) is 15.9. The van der Waals surface area contributed by atoms with Gasteiger partial charge in [-0.1, -0.05) is 103 Å². The lowest BCUT2D eigenvalue weighted by Gasteiger charge is -2.28. The summed E-state index contributed by atoms with van der Waals surface area (Å²) in [4.78, 5) is 2.50. The Bertz CT molecular complexity index is 2300. The number of allylic oxidation sites excluding steroid dienone is 6. The number of hydrogen-bond acceptors (Lipinski definition) is 1. The van der Waals surface area contributed by atoms with Gasteiger partial charge in [0.25, 0.3) is 0 Å². The number of nitrogens with zero attached hydrogens (tertiary/aromatic N) is 2. The van der Waals surface area contributed by atoms with Crippen LogP contribution in [0.3, 0.4) is 0 Å². The van der Waals surface area contributed by atoms with E-state index >= 15 is 0 Å². The van der Waals surface area contributed by atoms with Crippen LogP contribution in [0, 0.1) is 19.3 Å². The van der Waals surface area contributed by atoms with Gasteiger partial charge in [0.1, 0.15) is 0 Å². The van der Waals surface area contributed by atoms with E-state index in [1.807, 2.05) is 6.08 Å². The van der Waals surface area contributed by atoms with Crippen molar-refractivity contribution in [2.24, 2.45) is 0 Å². The molecule has 0 amide bonds. The maximum Gasteiger partial charge on any atom is 0.0629 e. The van der Waals surface area contributed by atoms with Gasteiger partial charge in [0.2, 0.25) is 0 Å². The summed E-state index contributed by atoms with van der Waals surface area (Å²) in [5, 5.41) is 2.48. The molecular formula is C44H34N2. The minimum absolute atomic E-state index is 0.281. The Hall–Kier alpha value is -5.78. The Morgan fingerprint density at radius 3 is 2.37 bits per heavy atom. The van der Waals surface area contributed by atoms with Gasteiger partial charge in [-0.05, 0) is 102 Å². The van der Waals surface area contributed by atoms with Gasteiger partial charge >= 0.3 is 0 Å². The van der Waals surface area contributed by atoms with E-state index in [0.717, 1.165) is 5.70 Å². The lowest BCUT2D eigenvalue weighted by atomic mass is 9.85. The van der Waals surface area contributed by atoms with Gasteiger partial charge < -0.3 is 9.47 Å². The third kappa shape index (κ3) is 4.44. The van der Waals surface area contributed by atoms with Gasteiger partial charge in [-0.15, -0.1) is 6.42 Å². The summed E-state index contributed by atoms with van der Waals surface area (Å²) in [6.45, 7) is 4.43. The number of hydrogen-bond donors (Lipinski definition) is 0. The number of fused-ring (bicyclic) bond motifs is 6. The third-order valence-electron chi connectivity index (χ3n) is 9.59. The molecule has 0 N–H and O–H groups in total. The molecule has 1 aliphatic carbocycles. The molecular weight excluding hydrogens is 556 g/mol. The molecule has 6 aromatic rings. The van der Waals surface area contributed by atoms with E-state index in [2.05, 4.69) is 169 Å². The Morgan fingerprint density at radius 2 is 1.50 bits per heavy atom. The van der Waals surface area contributed by atoms with Crippen molar-refractivity contribution in [2.75, 3.05) is 4.90 Å². The Labute approximate surface area is 270 Å². The van der Waals surface area contributed by atoms with E-state index in [-0.39, 0.29) is 6.04 Å². The van der Waals surface area contributed by atoms with Crippen LogP contribution in [0.15, 0.2) is 152 Å².